The molecule has 0 saturated carbocycles. The lowest BCUT2D eigenvalue weighted by Gasteiger charge is -2.25. The van der Waals surface area contributed by atoms with Gasteiger partial charge in [0.25, 0.3) is 0 Å². The average molecular weight is 720 g/mol. The first kappa shape index (κ1) is 38.7. The van der Waals surface area contributed by atoms with Gasteiger partial charge >= 0.3 is 12.1 Å². The van der Waals surface area contributed by atoms with Crippen LogP contribution >= 0.6 is 0 Å². The molecule has 0 spiro atoms. The third kappa shape index (κ3) is 9.88. The highest BCUT2D eigenvalue weighted by Crippen LogP contribution is 2.30. The molecule has 0 saturated heterocycles. The third-order valence-electron chi connectivity index (χ3n) is 8.60. The molecule has 0 atom stereocenters. The number of hydrogen-bond donors (Lipinski definition) is 1. The lowest BCUT2D eigenvalue weighted by Crippen LogP contribution is -2.34. The van der Waals surface area contributed by atoms with Gasteiger partial charge in [-0.15, -0.1) is 0 Å². The van der Waals surface area contributed by atoms with Crippen LogP contribution in [0.1, 0.15) is 76.6 Å². The highest BCUT2D eigenvalue weighted by atomic mass is 16.6. The van der Waals surface area contributed by atoms with Gasteiger partial charge < -0.3 is 29.4 Å². The minimum Gasteiger partial charge on any atom is -0.492 e. The van der Waals surface area contributed by atoms with Gasteiger partial charge in [0.15, 0.2) is 0 Å². The van der Waals surface area contributed by atoms with Gasteiger partial charge in [-0.25, -0.2) is 14.6 Å². The summed E-state index contributed by atoms with van der Waals surface area (Å²) >= 11 is 0. The molecule has 0 aliphatic rings. The molecular formula is C43H53N5O5. The van der Waals surface area contributed by atoms with E-state index in [9.17, 15) is 9.59 Å². The maximum absolute atomic E-state index is 13.0. The largest absolute Gasteiger partial charge is 0.492 e. The number of fused-ring (bicyclic) bond motifs is 1. The highest BCUT2D eigenvalue weighted by Gasteiger charge is 2.23. The first-order valence-electron chi connectivity index (χ1n) is 18.1. The van der Waals surface area contributed by atoms with Gasteiger partial charge in [0.05, 0.1) is 34.5 Å². The van der Waals surface area contributed by atoms with Gasteiger partial charge in [-0.1, -0.05) is 49.4 Å². The highest BCUT2D eigenvalue weighted by molar-refractivity contribution is 5.97. The number of likely N-dealkylation sites (N-methyl/N-ethyl adjacent to an activating group) is 1. The Morgan fingerprint density at radius 2 is 1.55 bits per heavy atom. The van der Waals surface area contributed by atoms with Crippen LogP contribution in [0.25, 0.3) is 22.2 Å². The zero-order chi connectivity index (χ0) is 38.5. The fourth-order valence-corrected chi connectivity index (χ4v) is 5.98. The smallest absolute Gasteiger partial charge is 0.414 e. The topological polar surface area (TPSA) is 112 Å². The number of esters is 1. The molecule has 0 unspecified atom stereocenters. The number of nitrogen functional groups attached to an aromatic ring is 1. The maximum atomic E-state index is 13.0. The van der Waals surface area contributed by atoms with Crippen molar-refractivity contribution in [2.75, 3.05) is 42.8 Å². The molecule has 280 valence electrons. The fraction of sp³-hybridized carbons (Fsp3) is 0.372. The summed E-state index contributed by atoms with van der Waals surface area (Å²) in [5.41, 5.74) is 12.5. The van der Waals surface area contributed by atoms with Crippen LogP contribution in [0.2, 0.25) is 0 Å². The number of benzene rings is 4. The molecule has 10 nitrogen and oxygen atoms in total. The van der Waals surface area contributed by atoms with E-state index >= 15 is 0 Å². The van der Waals surface area contributed by atoms with E-state index in [-0.39, 0.29) is 5.97 Å². The zero-order valence-corrected chi connectivity index (χ0v) is 32.5. The SMILES string of the molecule is CCCc1nc2cc(N(C)CCOc3ccc(N)c(N(C)C(=O)OC(C)(C)C)c3)ccc2n1Cc1ccc(-c2ccccc2C(=O)OC(C)(C)C)cc1. The van der Waals surface area contributed by atoms with E-state index in [1.165, 1.54) is 4.90 Å². The number of aromatic nitrogens is 2. The van der Waals surface area contributed by atoms with Crippen molar-refractivity contribution in [1.29, 1.82) is 0 Å². The standard InChI is InChI=1S/C43H53N5O5/c1-10-13-39-45-36-26-31(46(8)24-25-51-32-21-22-35(44)38(27-32)47(9)41(50)53-43(5,6)7)20-23-37(36)48(39)28-29-16-18-30(19-17-29)33-14-11-12-15-34(33)40(49)52-42(2,3)4/h11-12,14-23,26-27H,10,13,24-25,28,44H2,1-9H3. The number of anilines is 3. The molecule has 2 N–H and O–H groups in total. The van der Waals surface area contributed by atoms with Crippen molar-refractivity contribution in [2.45, 2.75) is 79.1 Å². The van der Waals surface area contributed by atoms with Gasteiger partial charge in [0, 0.05) is 38.8 Å². The molecule has 0 radical (unpaired) electrons. The van der Waals surface area contributed by atoms with Crippen LogP contribution < -0.4 is 20.3 Å². The average Bonchev–Trinajstić information content (AvgIpc) is 3.43. The first-order chi connectivity index (χ1) is 25.0. The minimum atomic E-state index is -0.621. The number of hydrogen-bond acceptors (Lipinski definition) is 8. The van der Waals surface area contributed by atoms with E-state index in [1.807, 2.05) is 72.9 Å². The van der Waals surface area contributed by atoms with Crippen molar-refractivity contribution in [3.8, 4) is 16.9 Å². The number of ether oxygens (including phenoxy) is 3. The summed E-state index contributed by atoms with van der Waals surface area (Å²) in [6.45, 7) is 15.0. The Kier molecular flexibility index (Phi) is 11.7. The van der Waals surface area contributed by atoms with Crippen molar-refractivity contribution < 1.29 is 23.8 Å². The van der Waals surface area contributed by atoms with Crippen LogP contribution in [-0.4, -0.2) is 60.1 Å². The Labute approximate surface area is 313 Å². The molecule has 0 bridgehead atoms. The summed E-state index contributed by atoms with van der Waals surface area (Å²) in [7, 11) is 3.66. The second-order valence-corrected chi connectivity index (χ2v) is 15.3. The van der Waals surface area contributed by atoms with Gasteiger partial charge in [-0.3, -0.25) is 4.90 Å². The lowest BCUT2D eigenvalue weighted by molar-refractivity contribution is 0.00701. The molecule has 0 fully saturated rings. The summed E-state index contributed by atoms with van der Waals surface area (Å²) in [4.78, 5) is 34.2. The Balaban J connectivity index is 1.27. The Morgan fingerprint density at radius 3 is 2.23 bits per heavy atom. The molecule has 4 aromatic carbocycles. The summed E-state index contributed by atoms with van der Waals surface area (Å²) in [5, 5.41) is 0. The second-order valence-electron chi connectivity index (χ2n) is 15.3. The zero-order valence-electron chi connectivity index (χ0n) is 32.5. The Bertz CT molecular complexity index is 2060. The normalized spacial score (nSPS) is 11.7. The van der Waals surface area contributed by atoms with E-state index in [4.69, 9.17) is 24.9 Å². The van der Waals surface area contributed by atoms with Gasteiger partial charge in [-0.05, 0) is 101 Å². The number of aryl methyl sites for hydroxylation is 1. The number of nitrogens with two attached hydrogens (primary N) is 1. The molecule has 53 heavy (non-hydrogen) atoms. The molecule has 0 aliphatic heterocycles. The van der Waals surface area contributed by atoms with Crippen LogP contribution in [-0.2, 0) is 22.4 Å². The number of imidazole rings is 1. The lowest BCUT2D eigenvalue weighted by atomic mass is 9.98. The fourth-order valence-electron chi connectivity index (χ4n) is 5.98. The second kappa shape index (κ2) is 16.0. The Hall–Kier alpha value is -5.51. The van der Waals surface area contributed by atoms with Gasteiger partial charge in [-0.2, -0.15) is 0 Å². The van der Waals surface area contributed by atoms with Crippen LogP contribution in [0.4, 0.5) is 21.9 Å². The summed E-state index contributed by atoms with van der Waals surface area (Å²) < 4.78 is 19.6. The van der Waals surface area contributed by atoms with Crippen LogP contribution in [0, 0.1) is 0 Å². The number of rotatable bonds is 12. The summed E-state index contributed by atoms with van der Waals surface area (Å²) in [6.07, 6.45) is 1.35. The van der Waals surface area contributed by atoms with Gasteiger partial charge in [0.1, 0.15) is 29.4 Å². The van der Waals surface area contributed by atoms with Gasteiger partial charge in [0.2, 0.25) is 0 Å². The van der Waals surface area contributed by atoms with Crippen molar-refractivity contribution in [3.63, 3.8) is 0 Å². The molecule has 1 aromatic heterocycles. The number of carbonyl (C=O) groups is 2. The molecule has 5 rings (SSSR count). The molecule has 0 aliphatic carbocycles. The van der Waals surface area contributed by atoms with E-state index < -0.39 is 17.3 Å². The van der Waals surface area contributed by atoms with Crippen molar-refractivity contribution in [1.82, 2.24) is 9.55 Å². The summed E-state index contributed by atoms with van der Waals surface area (Å²) in [5.74, 6) is 1.32. The van der Waals surface area contributed by atoms with E-state index in [1.54, 1.807) is 25.2 Å². The third-order valence-corrected chi connectivity index (χ3v) is 8.60. The molecule has 10 heteroatoms. The van der Waals surface area contributed by atoms with Crippen LogP contribution in [0.3, 0.4) is 0 Å². The predicted octanol–water partition coefficient (Wildman–Crippen LogP) is 9.13. The monoisotopic (exact) mass is 719 g/mol. The Morgan fingerprint density at radius 1 is 0.849 bits per heavy atom. The van der Waals surface area contributed by atoms with Crippen molar-refractivity contribution in [2.24, 2.45) is 0 Å². The predicted molar refractivity (Wildman–Crippen MR) is 214 cm³/mol. The summed E-state index contributed by atoms with van der Waals surface area (Å²) in [6, 6.07) is 27.6. The van der Waals surface area contributed by atoms with Crippen molar-refractivity contribution >= 4 is 40.2 Å². The number of amides is 1. The van der Waals surface area contributed by atoms with E-state index in [2.05, 4.69) is 58.9 Å². The maximum Gasteiger partial charge on any atom is 0.414 e. The van der Waals surface area contributed by atoms with E-state index in [0.29, 0.717) is 42.4 Å². The molecule has 1 amide bonds. The first-order valence-corrected chi connectivity index (χ1v) is 18.1. The van der Waals surface area contributed by atoms with Crippen molar-refractivity contribution in [3.05, 3.63) is 102 Å². The number of nitrogens with zero attached hydrogens (tertiary/aromatic N) is 4. The molecular weight excluding hydrogens is 667 g/mol. The number of carbonyl (C=O) groups excluding carboxylic acids is 2. The molecule has 1 heterocycles. The molecule has 5 aromatic rings. The minimum absolute atomic E-state index is 0.329. The quantitative estimate of drug-likeness (QED) is 0.100. The van der Waals surface area contributed by atoms with Crippen LogP contribution in [0.5, 0.6) is 5.75 Å². The van der Waals surface area contributed by atoms with Crippen LogP contribution in [0.15, 0.2) is 84.9 Å². The van der Waals surface area contributed by atoms with E-state index in [0.717, 1.165) is 52.1 Å².